The number of benzene rings is 2. The van der Waals surface area contributed by atoms with Gasteiger partial charge in [-0.1, -0.05) is 68.1 Å². The number of aldehydes is 1. The topological polar surface area (TPSA) is 338 Å². The summed E-state index contributed by atoms with van der Waals surface area (Å²) in [6.45, 7) is 42.9. The van der Waals surface area contributed by atoms with Gasteiger partial charge in [0, 0.05) is 55.9 Å². The smallest absolute Gasteiger partial charge is 0.412 e. The van der Waals surface area contributed by atoms with Gasteiger partial charge in [0.2, 0.25) is 0 Å². The molecule has 0 aliphatic carbocycles. The van der Waals surface area contributed by atoms with Crippen LogP contribution in [0.3, 0.4) is 0 Å². The second-order valence-corrected chi connectivity index (χ2v) is 21.3. The first-order chi connectivity index (χ1) is 24.8. The van der Waals surface area contributed by atoms with Gasteiger partial charge in [-0.2, -0.15) is 0 Å². The number of hydrogen-bond acceptors (Lipinski definition) is 11. The standard InChI is InChI=1S/C7H8O2.C7H6O.C4H9N.7C4H10O.CH4.6CH3.5Nb.4H2O/c8-7(9)6-4-2-1-3-5-6;8-6-7-4-2-1-3-5-7;8*1-4(2,3)5;;;;;;;;;;;;;;;;/h1-5,7-9H;1-6H;1-3H3;7*5H,1-3H3;1H4;6*1H3;;;;;;4*1H2/q;;;;;;;;;;;6*-1;;;;2*+2;;;;. The van der Waals surface area contributed by atoms with Gasteiger partial charge in [-0.3, -0.25) is 4.79 Å². The summed E-state index contributed by atoms with van der Waals surface area (Å²) in [4.78, 5) is 10.0. The monoisotopic (exact) mass is 1460 g/mol. The summed E-state index contributed by atoms with van der Waals surface area (Å²) < 4.78 is 4.07. The molecule has 0 amide bonds. The Morgan fingerprint density at radius 3 is 0.589 bits per heavy atom. The number of aliphatic hydroxyl groups excluding tert-OH is 1. The van der Waals surface area contributed by atoms with Gasteiger partial charge >= 0.3 is 95.3 Å². The van der Waals surface area contributed by atoms with Crippen molar-refractivity contribution in [2.75, 3.05) is 0 Å². The molecular weight excluding hydrogens is 1340 g/mol. The van der Waals surface area contributed by atoms with Crippen LogP contribution in [-0.4, -0.2) is 119 Å². The average molecular weight is 1460 g/mol. The minimum absolute atomic E-state index is 0. The molecule has 2 rings (SSSR count). The zero-order valence-corrected chi connectivity index (χ0v) is 62.0. The van der Waals surface area contributed by atoms with E-state index in [1.165, 1.54) is 20.9 Å². The van der Waals surface area contributed by atoms with Gasteiger partial charge < -0.3 is 112 Å². The third kappa shape index (κ3) is 543. The summed E-state index contributed by atoms with van der Waals surface area (Å²) in [5, 5.41) is 76.8. The fourth-order valence-electron chi connectivity index (χ4n) is 1.16. The Morgan fingerprint density at radius 1 is 0.397 bits per heavy atom. The maximum atomic E-state index is 10.0. The first-order valence-electron chi connectivity index (χ1n) is 19.1. The van der Waals surface area contributed by atoms with Gasteiger partial charge in [-0.25, -0.2) is 0 Å². The summed E-state index contributed by atoms with van der Waals surface area (Å²) in [7, 11) is 0. The van der Waals surface area contributed by atoms with Crippen molar-refractivity contribution in [1.82, 2.24) is 0 Å². The van der Waals surface area contributed by atoms with E-state index in [2.05, 4.69) is 24.1 Å². The van der Waals surface area contributed by atoms with E-state index in [1.807, 2.05) is 24.3 Å². The van der Waals surface area contributed by atoms with E-state index in [4.69, 9.17) is 46.0 Å². The molecule has 2 aromatic rings. The van der Waals surface area contributed by atoms with Crippen molar-refractivity contribution in [3.63, 3.8) is 0 Å². The Balaban J connectivity index is -0.0000000179. The van der Waals surface area contributed by atoms with Crippen LogP contribution in [-0.2, 0) is 110 Å². The number of carbonyl (C=O) groups is 1. The van der Waals surface area contributed by atoms with E-state index < -0.39 is 45.5 Å². The Kier molecular flexibility index (Phi) is 161. The van der Waals surface area contributed by atoms with Crippen molar-refractivity contribution < 1.29 is 183 Å². The summed E-state index contributed by atoms with van der Waals surface area (Å²) >= 11 is 1.52. The molecule has 0 aromatic heterocycles. The van der Waals surface area contributed by atoms with Crippen LogP contribution >= 0.6 is 0 Å². The van der Waals surface area contributed by atoms with Gasteiger partial charge in [-0.15, -0.1) is 0 Å². The van der Waals surface area contributed by atoms with Crippen molar-refractivity contribution in [3.8, 4) is 0 Å². The van der Waals surface area contributed by atoms with Crippen molar-refractivity contribution in [2.45, 2.75) is 225 Å². The zero-order chi connectivity index (χ0) is 49.2. The molecule has 20 heteroatoms. The fraction of sp³-hybridized carbons (Fsp3) is 0.642. The van der Waals surface area contributed by atoms with E-state index in [-0.39, 0.29) is 169 Å². The van der Waals surface area contributed by atoms with E-state index in [0.29, 0.717) is 5.56 Å². The number of nitrogens with zero attached hydrogens (tertiary/aromatic N) is 1. The molecule has 4 radical (unpaired) electrons. The quantitative estimate of drug-likeness (QED) is 0.0594. The molecule has 0 heterocycles. The van der Waals surface area contributed by atoms with Gasteiger partial charge in [0.15, 0.2) is 6.29 Å². The van der Waals surface area contributed by atoms with Crippen LogP contribution in [0.25, 0.3) is 0 Å². The van der Waals surface area contributed by atoms with E-state index in [0.717, 1.165) is 11.8 Å². The summed E-state index contributed by atoms with van der Waals surface area (Å²) in [6.07, 6.45) is -0.508. The average Bonchev–Trinajstić information content (AvgIpc) is 2.88. The second kappa shape index (κ2) is 77.3. The van der Waals surface area contributed by atoms with Crippen molar-refractivity contribution in [2.24, 2.45) is 3.34 Å². The van der Waals surface area contributed by atoms with Crippen LogP contribution in [0.2, 0.25) is 0 Å². The Labute approximate surface area is 528 Å². The Hall–Kier alpha value is 1.09. The van der Waals surface area contributed by atoms with Gasteiger partial charge in [0.05, 0.1) is 39.2 Å². The predicted molar refractivity (Wildman–Crippen MR) is 301 cm³/mol. The molecule has 0 unspecified atom stereocenters. The Bertz CT molecular complexity index is 1020. The van der Waals surface area contributed by atoms with Crippen LogP contribution in [0.1, 0.15) is 196 Å². The van der Waals surface area contributed by atoms with Crippen molar-refractivity contribution >= 4 is 6.29 Å². The molecule has 0 aliphatic rings. The number of carbonyl (C=O) groups excluding carboxylic acids is 1. The first kappa shape index (κ1) is 152. The number of aliphatic hydroxyl groups is 9. The van der Waals surface area contributed by atoms with E-state index in [1.54, 1.807) is 182 Å². The fourth-order valence-corrected chi connectivity index (χ4v) is 1.16. The zero-order valence-electron chi connectivity index (χ0n) is 51.0. The minimum atomic E-state index is -1.34. The van der Waals surface area contributed by atoms with Crippen LogP contribution in [0.5, 0.6) is 0 Å². The molecule has 0 spiro atoms. The van der Waals surface area contributed by atoms with Gasteiger partial charge in [0.1, 0.15) is 6.29 Å². The van der Waals surface area contributed by atoms with Gasteiger partial charge in [-0.05, 0) is 145 Å². The summed E-state index contributed by atoms with van der Waals surface area (Å²) in [6, 6.07) is 17.8. The van der Waals surface area contributed by atoms with E-state index in [9.17, 15) is 4.79 Å². The number of rotatable bonds is 2. The molecule has 17 N–H and O–H groups in total. The molecular formula is C53H123NNb5O14-2. The maximum absolute atomic E-state index is 10.0. The molecule has 0 aliphatic heterocycles. The molecule has 0 bridgehead atoms. The number of hydrogen-bond donors (Lipinski definition) is 9. The predicted octanol–water partition coefficient (Wildman–Crippen LogP) is 9.15. The second-order valence-electron chi connectivity index (χ2n) is 20.8. The minimum Gasteiger partial charge on any atom is -0.412 e. The molecule has 15 nitrogen and oxygen atoms in total. The van der Waals surface area contributed by atoms with Crippen molar-refractivity contribution in [3.05, 3.63) is 116 Å². The third-order valence-electron chi connectivity index (χ3n) is 2.33. The molecule has 2 aromatic carbocycles. The van der Waals surface area contributed by atoms with E-state index >= 15 is 0 Å². The summed E-state index contributed by atoms with van der Waals surface area (Å²) in [5.74, 6) is 0. The molecule has 73 heavy (non-hydrogen) atoms. The van der Waals surface area contributed by atoms with Crippen LogP contribution in [0.15, 0.2) is 64.0 Å². The molecule has 0 saturated heterocycles. The van der Waals surface area contributed by atoms with Crippen LogP contribution in [0, 0.1) is 44.6 Å². The van der Waals surface area contributed by atoms with Crippen LogP contribution < -0.4 is 0 Å². The van der Waals surface area contributed by atoms with Crippen LogP contribution in [0.4, 0.5) is 0 Å². The Morgan fingerprint density at radius 2 is 0.521 bits per heavy atom. The summed E-state index contributed by atoms with van der Waals surface area (Å²) in [5.41, 5.74) is -2.06. The largest absolute Gasteiger partial charge is 2.00 e. The first-order valence-corrected chi connectivity index (χ1v) is 20.1. The molecule has 0 atom stereocenters. The van der Waals surface area contributed by atoms with Gasteiger partial charge in [0.25, 0.3) is 0 Å². The third-order valence-corrected chi connectivity index (χ3v) is 3.81. The molecule has 0 saturated carbocycles. The molecule has 0 fully saturated rings. The van der Waals surface area contributed by atoms with Crippen molar-refractivity contribution in [1.29, 1.82) is 0 Å². The SMILES string of the molecule is C.CC(C)(C)O.CC(C)(C)O.CC(C)(C)O.CC(C)(C)O.CC(C)(C)O.CC(C)(C)O.CC(C)(C)O.CC(C)(C)[N]=[Nb].O.O.O.O.O=Cc1ccccc1.OC(O)c1ccccc1.[CH3-].[CH3-].[CH3-].[CH3-].[CH3-].[CH3-].[Nb+2].[Nb+2].[Nb].[Nb]. The molecule has 451 valence electrons. The normalized spacial score (nSPS) is 8.84. The maximum Gasteiger partial charge on any atom is 2.00 e.